The van der Waals surface area contributed by atoms with Gasteiger partial charge in [-0.1, -0.05) is 6.07 Å². The van der Waals surface area contributed by atoms with E-state index in [0.29, 0.717) is 0 Å². The topological polar surface area (TPSA) is 32.3 Å². The van der Waals surface area contributed by atoms with E-state index in [4.69, 9.17) is 0 Å². The van der Waals surface area contributed by atoms with E-state index < -0.39 is 6.10 Å². The largest absolute Gasteiger partial charge is 0.387 e. The molecule has 0 amide bonds. The van der Waals surface area contributed by atoms with Crippen molar-refractivity contribution in [3.8, 4) is 0 Å². The van der Waals surface area contributed by atoms with Gasteiger partial charge in [-0.3, -0.25) is 0 Å². The zero-order valence-corrected chi connectivity index (χ0v) is 13.7. The molecule has 19 heavy (non-hydrogen) atoms. The minimum atomic E-state index is -0.474. The zero-order chi connectivity index (χ0) is 15.0. The summed E-state index contributed by atoms with van der Waals surface area (Å²) in [6, 6.07) is 2.22. The number of aliphatic hydroxyl groups is 1. The molecule has 0 aromatic heterocycles. The van der Waals surface area contributed by atoms with Crippen molar-refractivity contribution in [2.75, 3.05) is 0 Å². The average Bonchev–Trinajstić information content (AvgIpc) is 2.24. The Bertz CT molecular complexity index is 431. The summed E-state index contributed by atoms with van der Waals surface area (Å²) < 4.78 is 0. The molecule has 0 aliphatic rings. The average molecular weight is 263 g/mol. The minimum Gasteiger partial charge on any atom is -0.387 e. The van der Waals surface area contributed by atoms with Gasteiger partial charge in [0.1, 0.15) is 0 Å². The Morgan fingerprint density at radius 2 is 1.42 bits per heavy atom. The lowest BCUT2D eigenvalue weighted by molar-refractivity contribution is 0.120. The van der Waals surface area contributed by atoms with E-state index in [1.807, 2.05) is 6.92 Å². The molecule has 0 radical (unpaired) electrons. The third-order valence-electron chi connectivity index (χ3n) is 3.85. The Morgan fingerprint density at radius 3 is 1.79 bits per heavy atom. The highest BCUT2D eigenvalue weighted by Gasteiger charge is 2.24. The van der Waals surface area contributed by atoms with Gasteiger partial charge in [0, 0.05) is 11.6 Å². The zero-order valence-electron chi connectivity index (χ0n) is 13.7. The molecule has 1 aromatic rings. The Labute approximate surface area is 118 Å². The SMILES string of the molecule is Cc1cc(C)c(C)c(C(O)C(C)NC(C)(C)C)c1C. The molecule has 1 aromatic carbocycles. The number of rotatable bonds is 3. The first-order valence-electron chi connectivity index (χ1n) is 7.07. The third kappa shape index (κ3) is 3.80. The lowest BCUT2D eigenvalue weighted by atomic mass is 9.88. The van der Waals surface area contributed by atoms with Gasteiger partial charge in [-0.2, -0.15) is 0 Å². The van der Waals surface area contributed by atoms with Crippen molar-refractivity contribution in [2.45, 2.75) is 73.1 Å². The fourth-order valence-electron chi connectivity index (χ4n) is 2.70. The van der Waals surface area contributed by atoms with E-state index >= 15 is 0 Å². The summed E-state index contributed by atoms with van der Waals surface area (Å²) in [4.78, 5) is 0. The van der Waals surface area contributed by atoms with E-state index in [-0.39, 0.29) is 11.6 Å². The van der Waals surface area contributed by atoms with Gasteiger partial charge < -0.3 is 10.4 Å². The predicted octanol–water partition coefficient (Wildman–Crippen LogP) is 3.73. The Kier molecular flexibility index (Phi) is 4.81. The van der Waals surface area contributed by atoms with E-state index in [2.05, 4.69) is 59.8 Å². The fraction of sp³-hybridized carbons (Fsp3) is 0.647. The quantitative estimate of drug-likeness (QED) is 0.871. The van der Waals surface area contributed by atoms with E-state index in [1.165, 1.54) is 22.3 Å². The lowest BCUT2D eigenvalue weighted by Crippen LogP contribution is -2.45. The highest BCUT2D eigenvalue weighted by Crippen LogP contribution is 2.29. The molecule has 0 bridgehead atoms. The molecule has 1 rings (SSSR count). The van der Waals surface area contributed by atoms with Crippen LogP contribution in [0.25, 0.3) is 0 Å². The Balaban J connectivity index is 3.16. The summed E-state index contributed by atoms with van der Waals surface area (Å²) in [7, 11) is 0. The number of aryl methyl sites for hydroxylation is 2. The van der Waals surface area contributed by atoms with E-state index in [9.17, 15) is 5.11 Å². The first-order chi connectivity index (χ1) is 8.54. The molecular weight excluding hydrogens is 234 g/mol. The second kappa shape index (κ2) is 5.64. The van der Waals surface area contributed by atoms with Crippen LogP contribution in [0.15, 0.2) is 6.07 Å². The van der Waals surface area contributed by atoms with Gasteiger partial charge >= 0.3 is 0 Å². The molecule has 2 unspecified atom stereocenters. The van der Waals surface area contributed by atoms with Crippen molar-refractivity contribution in [3.63, 3.8) is 0 Å². The minimum absolute atomic E-state index is 0.00107. The fourth-order valence-corrected chi connectivity index (χ4v) is 2.70. The van der Waals surface area contributed by atoms with Crippen molar-refractivity contribution in [3.05, 3.63) is 33.9 Å². The van der Waals surface area contributed by atoms with Crippen LogP contribution in [0.1, 0.15) is 61.6 Å². The van der Waals surface area contributed by atoms with Crippen LogP contribution in [0.4, 0.5) is 0 Å². The van der Waals surface area contributed by atoms with Crippen LogP contribution in [-0.4, -0.2) is 16.7 Å². The number of hydrogen-bond acceptors (Lipinski definition) is 2. The van der Waals surface area contributed by atoms with Crippen LogP contribution < -0.4 is 5.32 Å². The standard InChI is InChI=1S/C17H29NO/c1-10-9-11(2)13(4)15(12(10)3)16(19)14(5)18-17(6,7)8/h9,14,16,18-19H,1-8H3. The van der Waals surface area contributed by atoms with Crippen LogP contribution in [0.3, 0.4) is 0 Å². The Morgan fingerprint density at radius 1 is 1.00 bits per heavy atom. The maximum absolute atomic E-state index is 10.7. The maximum Gasteiger partial charge on any atom is 0.0945 e. The maximum atomic E-state index is 10.7. The molecule has 0 aliphatic heterocycles. The van der Waals surface area contributed by atoms with Crippen molar-refractivity contribution in [1.82, 2.24) is 5.32 Å². The molecule has 0 fully saturated rings. The smallest absolute Gasteiger partial charge is 0.0945 e. The summed E-state index contributed by atoms with van der Waals surface area (Å²) in [5.41, 5.74) is 6.00. The normalized spacial score (nSPS) is 15.4. The van der Waals surface area contributed by atoms with E-state index in [0.717, 1.165) is 5.56 Å². The van der Waals surface area contributed by atoms with Gasteiger partial charge in [0.15, 0.2) is 0 Å². The lowest BCUT2D eigenvalue weighted by Gasteiger charge is -2.31. The van der Waals surface area contributed by atoms with Gasteiger partial charge in [0.25, 0.3) is 0 Å². The first kappa shape index (κ1) is 16.2. The monoisotopic (exact) mass is 263 g/mol. The van der Waals surface area contributed by atoms with Crippen molar-refractivity contribution in [1.29, 1.82) is 0 Å². The summed E-state index contributed by atoms with van der Waals surface area (Å²) in [5.74, 6) is 0. The number of aliphatic hydroxyl groups excluding tert-OH is 1. The number of nitrogens with one attached hydrogen (secondary N) is 1. The van der Waals surface area contributed by atoms with Crippen molar-refractivity contribution >= 4 is 0 Å². The molecule has 0 aliphatic carbocycles. The van der Waals surface area contributed by atoms with Gasteiger partial charge in [-0.05, 0) is 83.2 Å². The third-order valence-corrected chi connectivity index (χ3v) is 3.85. The molecule has 2 N–H and O–H groups in total. The Hall–Kier alpha value is -0.860. The highest BCUT2D eigenvalue weighted by atomic mass is 16.3. The second-order valence-electron chi connectivity index (χ2n) is 6.80. The molecule has 2 atom stereocenters. The number of benzene rings is 1. The van der Waals surface area contributed by atoms with Gasteiger partial charge in [0.2, 0.25) is 0 Å². The van der Waals surface area contributed by atoms with Crippen molar-refractivity contribution in [2.24, 2.45) is 0 Å². The van der Waals surface area contributed by atoms with Gasteiger partial charge in [-0.15, -0.1) is 0 Å². The molecule has 0 heterocycles. The van der Waals surface area contributed by atoms with Crippen LogP contribution in [-0.2, 0) is 0 Å². The summed E-state index contributed by atoms with van der Waals surface area (Å²) in [5, 5.41) is 14.2. The summed E-state index contributed by atoms with van der Waals surface area (Å²) in [6.45, 7) is 16.8. The van der Waals surface area contributed by atoms with Crippen LogP contribution in [0.5, 0.6) is 0 Å². The van der Waals surface area contributed by atoms with Crippen molar-refractivity contribution < 1.29 is 5.11 Å². The molecule has 2 heteroatoms. The summed E-state index contributed by atoms with van der Waals surface area (Å²) in [6.07, 6.45) is -0.474. The molecular formula is C17H29NO. The van der Waals surface area contributed by atoms with Gasteiger partial charge in [0.05, 0.1) is 6.10 Å². The van der Waals surface area contributed by atoms with Crippen LogP contribution in [0.2, 0.25) is 0 Å². The highest BCUT2D eigenvalue weighted by molar-refractivity contribution is 5.45. The molecule has 2 nitrogen and oxygen atoms in total. The molecule has 108 valence electrons. The van der Waals surface area contributed by atoms with Crippen LogP contribution in [0, 0.1) is 27.7 Å². The predicted molar refractivity (Wildman–Crippen MR) is 82.7 cm³/mol. The molecule has 0 saturated carbocycles. The molecule has 0 saturated heterocycles. The molecule has 0 spiro atoms. The summed E-state index contributed by atoms with van der Waals surface area (Å²) >= 11 is 0. The van der Waals surface area contributed by atoms with E-state index in [1.54, 1.807) is 0 Å². The van der Waals surface area contributed by atoms with Gasteiger partial charge in [-0.25, -0.2) is 0 Å². The first-order valence-corrected chi connectivity index (χ1v) is 7.07. The van der Waals surface area contributed by atoms with Crippen LogP contribution >= 0.6 is 0 Å². The second-order valence-corrected chi connectivity index (χ2v) is 6.80. The number of hydrogen-bond donors (Lipinski definition) is 2.